The largest absolute Gasteiger partial charge is 0.275 e. The average Bonchev–Trinajstić information content (AvgIpc) is 3.08. The number of fused-ring (bicyclic) bond motifs is 1. The molecule has 1 heterocycles. The predicted octanol–water partition coefficient (Wildman–Crippen LogP) is 3.89. The lowest BCUT2D eigenvalue weighted by atomic mass is 9.81. The third kappa shape index (κ3) is 4.21. The zero-order valence-electron chi connectivity index (χ0n) is 17.8. The van der Waals surface area contributed by atoms with E-state index in [2.05, 4.69) is 0 Å². The van der Waals surface area contributed by atoms with Crippen molar-refractivity contribution in [3.63, 3.8) is 0 Å². The number of rotatable bonds is 6. The standard InChI is InChI=1S/C22H19ClN4O7/c23-15-9-8-14(19(11-15)27(33)34)12-24(20(28)13-4-3-5-16(10-13)26(31)32)25-21(29)17-6-1-2-7-18(17)22(25)30/h3-5,8-11,17-18H,1-2,6-7,12H2/t17-,18+. The van der Waals surface area contributed by atoms with Crippen LogP contribution in [0.1, 0.15) is 41.6 Å². The summed E-state index contributed by atoms with van der Waals surface area (Å²) in [5.74, 6) is -3.10. The van der Waals surface area contributed by atoms with Gasteiger partial charge in [-0.2, -0.15) is 5.01 Å². The normalized spacial score (nSPS) is 19.6. The first-order valence-electron chi connectivity index (χ1n) is 10.6. The fraction of sp³-hybridized carbons (Fsp3) is 0.318. The second-order valence-corrected chi connectivity index (χ2v) is 8.62. The van der Waals surface area contributed by atoms with Crippen LogP contribution < -0.4 is 0 Å². The maximum atomic E-state index is 13.5. The molecule has 11 nitrogen and oxygen atoms in total. The Kier molecular flexibility index (Phi) is 6.29. The number of benzene rings is 2. The van der Waals surface area contributed by atoms with Crippen LogP contribution in [0.15, 0.2) is 42.5 Å². The number of hydrazine groups is 1. The molecule has 2 aromatic rings. The minimum atomic E-state index is -0.867. The second-order valence-electron chi connectivity index (χ2n) is 8.19. The van der Waals surface area contributed by atoms with Crippen molar-refractivity contribution in [3.05, 3.63) is 78.8 Å². The molecule has 34 heavy (non-hydrogen) atoms. The first-order valence-corrected chi connectivity index (χ1v) is 10.9. The summed E-state index contributed by atoms with van der Waals surface area (Å²) < 4.78 is 0. The lowest BCUT2D eigenvalue weighted by molar-refractivity contribution is -0.385. The molecule has 0 radical (unpaired) electrons. The Hall–Kier alpha value is -3.86. The number of nitro benzene ring substituents is 2. The quantitative estimate of drug-likeness (QED) is 0.342. The molecule has 0 spiro atoms. The van der Waals surface area contributed by atoms with Gasteiger partial charge in [0.15, 0.2) is 0 Å². The molecule has 3 amide bonds. The van der Waals surface area contributed by atoms with E-state index in [0.717, 1.165) is 35.0 Å². The number of non-ortho nitro benzene ring substituents is 1. The van der Waals surface area contributed by atoms with Gasteiger partial charge in [-0.1, -0.05) is 30.5 Å². The SMILES string of the molecule is O=C(c1cccc([N+](=O)[O-])c1)N(Cc1ccc(Cl)cc1[N+](=O)[O-])N1C(=O)[C@H]2CCCC[C@H]2C1=O. The van der Waals surface area contributed by atoms with E-state index in [4.69, 9.17) is 11.6 Å². The first-order chi connectivity index (χ1) is 16.2. The van der Waals surface area contributed by atoms with Gasteiger partial charge < -0.3 is 0 Å². The Morgan fingerprint density at radius 2 is 1.65 bits per heavy atom. The summed E-state index contributed by atoms with van der Waals surface area (Å²) in [7, 11) is 0. The predicted molar refractivity (Wildman–Crippen MR) is 118 cm³/mol. The van der Waals surface area contributed by atoms with E-state index in [9.17, 15) is 34.6 Å². The topological polar surface area (TPSA) is 144 Å². The number of carbonyl (C=O) groups excluding carboxylic acids is 3. The van der Waals surface area contributed by atoms with Gasteiger partial charge in [-0.3, -0.25) is 34.6 Å². The van der Waals surface area contributed by atoms with Crippen LogP contribution in [0.5, 0.6) is 0 Å². The van der Waals surface area contributed by atoms with Crippen LogP contribution in [0, 0.1) is 32.1 Å². The molecule has 2 fully saturated rings. The number of hydrogen-bond acceptors (Lipinski definition) is 7. The van der Waals surface area contributed by atoms with Gasteiger partial charge in [0, 0.05) is 28.8 Å². The van der Waals surface area contributed by atoms with Crippen molar-refractivity contribution in [1.82, 2.24) is 10.0 Å². The number of amides is 3. The Labute approximate surface area is 198 Å². The summed E-state index contributed by atoms with van der Waals surface area (Å²) >= 11 is 5.89. The summed E-state index contributed by atoms with van der Waals surface area (Å²) in [5, 5.41) is 24.5. The van der Waals surface area contributed by atoms with E-state index in [0.29, 0.717) is 12.8 Å². The van der Waals surface area contributed by atoms with Crippen LogP contribution in [0.3, 0.4) is 0 Å². The number of nitro groups is 2. The molecular weight excluding hydrogens is 468 g/mol. The molecule has 1 saturated carbocycles. The van der Waals surface area contributed by atoms with Crippen molar-refractivity contribution in [3.8, 4) is 0 Å². The van der Waals surface area contributed by atoms with Crippen molar-refractivity contribution in [2.45, 2.75) is 32.2 Å². The monoisotopic (exact) mass is 486 g/mol. The highest BCUT2D eigenvalue weighted by atomic mass is 35.5. The maximum Gasteiger partial charge on any atom is 0.275 e. The molecule has 0 bridgehead atoms. The maximum absolute atomic E-state index is 13.5. The molecule has 12 heteroatoms. The van der Waals surface area contributed by atoms with Crippen molar-refractivity contribution in [2.75, 3.05) is 0 Å². The number of imide groups is 1. The van der Waals surface area contributed by atoms with Gasteiger partial charge in [0.2, 0.25) is 0 Å². The Balaban J connectivity index is 1.79. The smallest absolute Gasteiger partial charge is 0.272 e. The minimum Gasteiger partial charge on any atom is -0.272 e. The van der Waals surface area contributed by atoms with Crippen LogP contribution in [0.4, 0.5) is 11.4 Å². The van der Waals surface area contributed by atoms with Gasteiger partial charge in [-0.25, -0.2) is 5.01 Å². The molecular formula is C22H19ClN4O7. The molecule has 1 aliphatic heterocycles. The number of carbonyl (C=O) groups is 3. The zero-order valence-corrected chi connectivity index (χ0v) is 18.5. The number of nitrogens with zero attached hydrogens (tertiary/aromatic N) is 4. The lowest BCUT2D eigenvalue weighted by Gasteiger charge is -2.30. The van der Waals surface area contributed by atoms with E-state index in [1.165, 1.54) is 30.3 Å². The van der Waals surface area contributed by atoms with Crippen LogP contribution in [0.25, 0.3) is 0 Å². The zero-order chi connectivity index (χ0) is 24.6. The molecule has 0 aromatic heterocycles. The molecule has 2 aliphatic rings. The lowest BCUT2D eigenvalue weighted by Crippen LogP contribution is -2.49. The van der Waals surface area contributed by atoms with Crippen LogP contribution >= 0.6 is 11.6 Å². The third-order valence-electron chi connectivity index (χ3n) is 6.16. The highest BCUT2D eigenvalue weighted by molar-refractivity contribution is 6.30. The average molecular weight is 487 g/mol. The molecule has 176 valence electrons. The Bertz CT molecular complexity index is 1190. The van der Waals surface area contributed by atoms with Gasteiger partial charge in [0.05, 0.1) is 33.8 Å². The van der Waals surface area contributed by atoms with Crippen molar-refractivity contribution in [2.24, 2.45) is 11.8 Å². The summed E-state index contributed by atoms with van der Waals surface area (Å²) in [4.78, 5) is 61.4. The van der Waals surface area contributed by atoms with E-state index < -0.39 is 45.9 Å². The number of hydrogen-bond donors (Lipinski definition) is 0. The third-order valence-corrected chi connectivity index (χ3v) is 6.40. The van der Waals surface area contributed by atoms with Crippen molar-refractivity contribution in [1.29, 1.82) is 0 Å². The molecule has 4 rings (SSSR count). The minimum absolute atomic E-state index is 0.0450. The van der Waals surface area contributed by atoms with E-state index in [1.54, 1.807) is 0 Å². The van der Waals surface area contributed by atoms with Crippen LogP contribution in [-0.4, -0.2) is 37.6 Å². The molecule has 0 unspecified atom stereocenters. The van der Waals surface area contributed by atoms with Crippen molar-refractivity contribution >= 4 is 40.7 Å². The second kappa shape index (κ2) is 9.18. The molecule has 2 atom stereocenters. The van der Waals surface area contributed by atoms with E-state index >= 15 is 0 Å². The van der Waals surface area contributed by atoms with Gasteiger partial charge in [0.25, 0.3) is 29.1 Å². The summed E-state index contributed by atoms with van der Waals surface area (Å²) in [6, 6.07) is 8.70. The molecule has 1 aliphatic carbocycles. The summed E-state index contributed by atoms with van der Waals surface area (Å²) in [6.07, 6.45) is 2.56. The fourth-order valence-electron chi connectivity index (χ4n) is 4.52. The van der Waals surface area contributed by atoms with Gasteiger partial charge in [0.1, 0.15) is 0 Å². The van der Waals surface area contributed by atoms with Gasteiger partial charge in [-0.15, -0.1) is 0 Å². The first kappa shape index (κ1) is 23.3. The Morgan fingerprint density at radius 1 is 1.00 bits per heavy atom. The Morgan fingerprint density at radius 3 is 2.24 bits per heavy atom. The summed E-state index contributed by atoms with van der Waals surface area (Å²) in [6.45, 7) is -0.480. The van der Waals surface area contributed by atoms with Crippen LogP contribution in [-0.2, 0) is 16.1 Å². The highest BCUT2D eigenvalue weighted by Gasteiger charge is 2.51. The van der Waals surface area contributed by atoms with Gasteiger partial charge in [-0.05, 0) is 31.0 Å². The summed E-state index contributed by atoms with van der Waals surface area (Å²) in [5.41, 5.74) is -0.832. The molecule has 2 aromatic carbocycles. The number of halogens is 1. The van der Waals surface area contributed by atoms with Gasteiger partial charge >= 0.3 is 0 Å². The van der Waals surface area contributed by atoms with E-state index in [-0.39, 0.29) is 27.5 Å². The molecule has 1 saturated heterocycles. The van der Waals surface area contributed by atoms with E-state index in [1.807, 2.05) is 0 Å². The highest BCUT2D eigenvalue weighted by Crippen LogP contribution is 2.39. The van der Waals surface area contributed by atoms with Crippen molar-refractivity contribution < 1.29 is 24.2 Å². The van der Waals surface area contributed by atoms with Crippen LogP contribution in [0.2, 0.25) is 5.02 Å². The molecule has 0 N–H and O–H groups in total. The fourth-order valence-corrected chi connectivity index (χ4v) is 4.69.